The van der Waals surface area contributed by atoms with Crippen molar-refractivity contribution < 1.29 is 27.5 Å². The second-order valence-electron chi connectivity index (χ2n) is 8.27. The Hall–Kier alpha value is -4.16. The maximum atomic E-state index is 12.7. The molecule has 1 aliphatic rings. The monoisotopic (exact) mass is 525 g/mol. The fraction of sp³-hybridized carbons (Fsp3) is 0.400. The molecule has 3 rings (SSSR count). The molecule has 1 aliphatic heterocycles. The summed E-state index contributed by atoms with van der Waals surface area (Å²) in [5.74, 6) is -1.86. The molecule has 1 aromatic carbocycles. The third kappa shape index (κ3) is 7.41. The maximum Gasteiger partial charge on any atom is 0.343 e. The highest BCUT2D eigenvalue weighted by molar-refractivity contribution is 7.89. The molecule has 1 N–H and O–H groups in total. The summed E-state index contributed by atoms with van der Waals surface area (Å²) in [6, 6.07) is 13.9. The molecule has 1 amide bonds. The molecule has 0 unspecified atom stereocenters. The number of anilines is 1. The number of hydrogen-bond donors (Lipinski definition) is 1. The third-order valence-corrected chi connectivity index (χ3v) is 6.88. The van der Waals surface area contributed by atoms with E-state index in [-0.39, 0.29) is 48.2 Å². The molecule has 0 aliphatic carbocycles. The number of carbonyl (C=O) groups is 2. The van der Waals surface area contributed by atoms with Gasteiger partial charge in [-0.25, -0.2) is 13.2 Å². The molecule has 0 saturated carbocycles. The highest BCUT2D eigenvalue weighted by Gasteiger charge is 2.30. The van der Waals surface area contributed by atoms with Crippen LogP contribution in [-0.2, 0) is 25.3 Å². The van der Waals surface area contributed by atoms with Crippen LogP contribution in [0.15, 0.2) is 36.4 Å². The summed E-state index contributed by atoms with van der Waals surface area (Å²) in [5.41, 5.74) is 0.689. The summed E-state index contributed by atoms with van der Waals surface area (Å²) in [6.07, 6.45) is 0.750. The Morgan fingerprint density at radius 3 is 2.51 bits per heavy atom. The molecule has 37 heavy (non-hydrogen) atoms. The highest BCUT2D eigenvalue weighted by Crippen LogP contribution is 2.30. The Morgan fingerprint density at radius 2 is 1.89 bits per heavy atom. The molecule has 1 fully saturated rings. The number of rotatable bonds is 10. The standard InChI is InChI=1S/C25H27N5O6S/c1-2-35-25(32)21-15-20(16-27)22(28-24(21)36-14-6-11-26)30-12-9-19(10-13-30)23(31)29-37(33,34)17-18-7-4-3-5-8-18/h3-5,7-8,15,19H,2,6,9-10,12-14,17H2,1H3,(H,29,31). The van der Waals surface area contributed by atoms with Crippen LogP contribution in [0, 0.1) is 28.6 Å². The number of aromatic nitrogens is 1. The minimum Gasteiger partial charge on any atom is -0.476 e. The molecule has 12 heteroatoms. The molecule has 0 radical (unpaired) electrons. The van der Waals surface area contributed by atoms with Gasteiger partial charge in [0.25, 0.3) is 0 Å². The summed E-state index contributed by atoms with van der Waals surface area (Å²) in [4.78, 5) is 31.2. The number of pyridine rings is 1. The first-order chi connectivity index (χ1) is 17.8. The first kappa shape index (κ1) is 27.4. The average Bonchev–Trinajstić information content (AvgIpc) is 2.88. The molecule has 11 nitrogen and oxygen atoms in total. The molecule has 0 spiro atoms. The number of nitrogens with one attached hydrogen (secondary N) is 1. The van der Waals surface area contributed by atoms with Crippen LogP contribution in [0.4, 0.5) is 5.82 Å². The van der Waals surface area contributed by atoms with Crippen molar-refractivity contribution in [2.45, 2.75) is 31.9 Å². The summed E-state index contributed by atoms with van der Waals surface area (Å²) in [6.45, 7) is 2.43. The lowest BCUT2D eigenvalue weighted by atomic mass is 9.96. The van der Waals surface area contributed by atoms with Crippen LogP contribution in [0.2, 0.25) is 0 Å². The third-order valence-electron chi connectivity index (χ3n) is 5.66. The first-order valence-electron chi connectivity index (χ1n) is 11.7. The van der Waals surface area contributed by atoms with E-state index in [1.807, 2.05) is 12.1 Å². The van der Waals surface area contributed by atoms with Gasteiger partial charge in [-0.05, 0) is 31.4 Å². The molecule has 0 bridgehead atoms. The van der Waals surface area contributed by atoms with E-state index in [9.17, 15) is 23.3 Å². The summed E-state index contributed by atoms with van der Waals surface area (Å²) in [5, 5.41) is 18.5. The molecule has 0 atom stereocenters. The predicted molar refractivity (Wildman–Crippen MR) is 133 cm³/mol. The van der Waals surface area contributed by atoms with Crippen molar-refractivity contribution in [3.8, 4) is 18.0 Å². The predicted octanol–water partition coefficient (Wildman–Crippen LogP) is 2.29. The number of amides is 1. The number of sulfonamides is 1. The molecular formula is C25H27N5O6S. The summed E-state index contributed by atoms with van der Waals surface area (Å²) < 4.78 is 37.6. The van der Waals surface area contributed by atoms with Gasteiger partial charge in [-0.3, -0.25) is 9.52 Å². The van der Waals surface area contributed by atoms with Gasteiger partial charge in [0, 0.05) is 19.0 Å². The van der Waals surface area contributed by atoms with E-state index in [1.165, 1.54) is 6.07 Å². The van der Waals surface area contributed by atoms with E-state index in [1.54, 1.807) is 42.2 Å². The Bertz CT molecular complexity index is 1310. The largest absolute Gasteiger partial charge is 0.476 e. The molecule has 2 heterocycles. The van der Waals surface area contributed by atoms with Crippen molar-refractivity contribution in [2.24, 2.45) is 5.92 Å². The van der Waals surface area contributed by atoms with Gasteiger partial charge >= 0.3 is 5.97 Å². The van der Waals surface area contributed by atoms with E-state index >= 15 is 0 Å². The Kier molecular flexibility index (Phi) is 9.41. The highest BCUT2D eigenvalue weighted by atomic mass is 32.2. The number of hydrogen-bond acceptors (Lipinski definition) is 10. The quantitative estimate of drug-likeness (QED) is 0.360. The lowest BCUT2D eigenvalue weighted by Gasteiger charge is -2.32. The normalized spacial score (nSPS) is 13.8. The van der Waals surface area contributed by atoms with Crippen LogP contribution in [0.3, 0.4) is 0 Å². The smallest absolute Gasteiger partial charge is 0.343 e. The second-order valence-corrected chi connectivity index (χ2v) is 10.00. The van der Waals surface area contributed by atoms with Gasteiger partial charge in [0.05, 0.1) is 30.4 Å². The zero-order valence-corrected chi connectivity index (χ0v) is 21.2. The fourth-order valence-corrected chi connectivity index (χ4v) is 5.07. The molecule has 2 aromatic rings. The van der Waals surface area contributed by atoms with Crippen LogP contribution >= 0.6 is 0 Å². The van der Waals surface area contributed by atoms with Gasteiger partial charge in [0.2, 0.25) is 21.8 Å². The zero-order chi connectivity index (χ0) is 26.8. The van der Waals surface area contributed by atoms with Crippen LogP contribution in [0.5, 0.6) is 5.88 Å². The Labute approximate surface area is 215 Å². The van der Waals surface area contributed by atoms with E-state index in [0.29, 0.717) is 31.5 Å². The number of carbonyl (C=O) groups excluding carboxylic acids is 2. The van der Waals surface area contributed by atoms with E-state index < -0.39 is 27.8 Å². The second kappa shape index (κ2) is 12.7. The minimum atomic E-state index is -3.85. The molecule has 194 valence electrons. The molecule has 1 aromatic heterocycles. The number of benzene rings is 1. The first-order valence-corrected chi connectivity index (χ1v) is 13.4. The minimum absolute atomic E-state index is 0.000938. The topological polar surface area (TPSA) is 162 Å². The van der Waals surface area contributed by atoms with Gasteiger partial charge in [0.15, 0.2) is 5.82 Å². The average molecular weight is 526 g/mol. The molecule has 1 saturated heterocycles. The van der Waals surface area contributed by atoms with Crippen molar-refractivity contribution >= 4 is 27.7 Å². The Balaban J connectivity index is 1.71. The number of ether oxygens (including phenoxy) is 2. The van der Waals surface area contributed by atoms with Crippen LogP contribution < -0.4 is 14.4 Å². The van der Waals surface area contributed by atoms with Crippen LogP contribution in [-0.4, -0.2) is 51.6 Å². The van der Waals surface area contributed by atoms with E-state index in [2.05, 4.69) is 9.71 Å². The van der Waals surface area contributed by atoms with Crippen LogP contribution in [0.1, 0.15) is 47.7 Å². The number of esters is 1. The van der Waals surface area contributed by atoms with Gasteiger partial charge in [-0.2, -0.15) is 15.5 Å². The lowest BCUT2D eigenvalue weighted by Crippen LogP contribution is -2.43. The SMILES string of the molecule is CCOC(=O)c1cc(C#N)c(N2CCC(C(=O)NS(=O)(=O)Cc3ccccc3)CC2)nc1OCCC#N. The Morgan fingerprint density at radius 1 is 1.19 bits per heavy atom. The summed E-state index contributed by atoms with van der Waals surface area (Å²) in [7, 11) is -3.85. The zero-order valence-electron chi connectivity index (χ0n) is 20.3. The van der Waals surface area contributed by atoms with Gasteiger partial charge in [0.1, 0.15) is 18.2 Å². The maximum absolute atomic E-state index is 12.7. The van der Waals surface area contributed by atoms with Crippen LogP contribution in [0.25, 0.3) is 0 Å². The van der Waals surface area contributed by atoms with Crippen molar-refractivity contribution in [1.82, 2.24) is 9.71 Å². The number of nitriles is 2. The molecular weight excluding hydrogens is 498 g/mol. The van der Waals surface area contributed by atoms with Gasteiger partial charge in [-0.15, -0.1) is 0 Å². The van der Waals surface area contributed by atoms with E-state index in [4.69, 9.17) is 14.7 Å². The van der Waals surface area contributed by atoms with Crippen molar-refractivity contribution in [1.29, 1.82) is 10.5 Å². The van der Waals surface area contributed by atoms with Crippen molar-refractivity contribution in [3.63, 3.8) is 0 Å². The lowest BCUT2D eigenvalue weighted by molar-refractivity contribution is -0.123. The van der Waals surface area contributed by atoms with Gasteiger partial charge < -0.3 is 14.4 Å². The van der Waals surface area contributed by atoms with Gasteiger partial charge in [-0.1, -0.05) is 30.3 Å². The number of piperidine rings is 1. The van der Waals surface area contributed by atoms with Crippen molar-refractivity contribution in [2.75, 3.05) is 31.2 Å². The summed E-state index contributed by atoms with van der Waals surface area (Å²) >= 11 is 0. The van der Waals surface area contributed by atoms with E-state index in [0.717, 1.165) is 0 Å². The fourth-order valence-electron chi connectivity index (χ4n) is 3.89. The van der Waals surface area contributed by atoms with Crippen molar-refractivity contribution in [3.05, 3.63) is 53.1 Å². The number of nitrogens with zero attached hydrogens (tertiary/aromatic N) is 4.